The highest BCUT2D eigenvalue weighted by Crippen LogP contribution is 2.30. The molecule has 0 saturated carbocycles. The van der Waals surface area contributed by atoms with Crippen LogP contribution >= 0.6 is 0 Å². The van der Waals surface area contributed by atoms with Crippen LogP contribution in [-0.2, 0) is 0 Å². The van der Waals surface area contributed by atoms with Crippen LogP contribution in [0.4, 0.5) is 10.1 Å². The first-order valence-corrected chi connectivity index (χ1v) is 9.84. The number of fused-ring (bicyclic) bond motifs is 1. The zero-order chi connectivity index (χ0) is 21.8. The van der Waals surface area contributed by atoms with Gasteiger partial charge in [-0.25, -0.2) is 4.39 Å². The summed E-state index contributed by atoms with van der Waals surface area (Å²) in [5, 5.41) is 5.50. The van der Waals surface area contributed by atoms with Crippen molar-refractivity contribution in [2.45, 2.75) is 13.0 Å². The second kappa shape index (κ2) is 8.87. The van der Waals surface area contributed by atoms with Crippen LogP contribution in [-0.4, -0.2) is 31.1 Å². The maximum absolute atomic E-state index is 13.9. The summed E-state index contributed by atoms with van der Waals surface area (Å²) in [4.78, 5) is 25.0. The van der Waals surface area contributed by atoms with E-state index in [2.05, 4.69) is 10.6 Å². The quantitative estimate of drug-likeness (QED) is 0.655. The van der Waals surface area contributed by atoms with E-state index in [1.807, 2.05) is 24.3 Å². The highest BCUT2D eigenvalue weighted by atomic mass is 19.1. The Labute approximate surface area is 179 Å². The SMILES string of the molecule is Cc1ccc(C(=O)NCC2COc3ccccc3O2)cc1NC(=O)c1ccccc1F. The van der Waals surface area contributed by atoms with E-state index in [4.69, 9.17) is 9.47 Å². The number of anilines is 1. The van der Waals surface area contributed by atoms with Gasteiger partial charge in [-0.3, -0.25) is 9.59 Å². The van der Waals surface area contributed by atoms with Gasteiger partial charge in [0.25, 0.3) is 11.8 Å². The molecule has 4 rings (SSSR count). The van der Waals surface area contributed by atoms with Crippen LogP contribution in [0, 0.1) is 12.7 Å². The summed E-state index contributed by atoms with van der Waals surface area (Å²) in [6.45, 7) is 2.39. The second-order valence-corrected chi connectivity index (χ2v) is 7.17. The molecule has 31 heavy (non-hydrogen) atoms. The highest BCUT2D eigenvalue weighted by molar-refractivity contribution is 6.05. The highest BCUT2D eigenvalue weighted by Gasteiger charge is 2.21. The number of ether oxygens (including phenoxy) is 2. The lowest BCUT2D eigenvalue weighted by atomic mass is 10.1. The predicted molar refractivity (Wildman–Crippen MR) is 114 cm³/mol. The summed E-state index contributed by atoms with van der Waals surface area (Å²) in [6.07, 6.45) is -0.315. The molecule has 0 aromatic heterocycles. The molecule has 2 amide bonds. The molecule has 1 aliphatic heterocycles. The van der Waals surface area contributed by atoms with E-state index in [1.54, 1.807) is 31.2 Å². The van der Waals surface area contributed by atoms with Gasteiger partial charge in [-0.2, -0.15) is 0 Å². The summed E-state index contributed by atoms with van der Waals surface area (Å²) >= 11 is 0. The number of carbonyl (C=O) groups excluding carboxylic acids is 2. The van der Waals surface area contributed by atoms with Crippen LogP contribution in [0.1, 0.15) is 26.3 Å². The molecule has 1 atom stereocenters. The Hall–Kier alpha value is -3.87. The number of amides is 2. The van der Waals surface area contributed by atoms with Gasteiger partial charge in [0.15, 0.2) is 11.5 Å². The molecule has 0 fully saturated rings. The minimum Gasteiger partial charge on any atom is -0.486 e. The summed E-state index contributed by atoms with van der Waals surface area (Å²) in [5.41, 5.74) is 1.49. The van der Waals surface area contributed by atoms with Crippen LogP contribution in [0.3, 0.4) is 0 Å². The molecule has 1 heterocycles. The van der Waals surface area contributed by atoms with Gasteiger partial charge in [-0.05, 0) is 48.9 Å². The monoisotopic (exact) mass is 420 g/mol. The average molecular weight is 420 g/mol. The van der Waals surface area contributed by atoms with Crippen molar-refractivity contribution in [1.29, 1.82) is 0 Å². The first kappa shape index (κ1) is 20.4. The maximum Gasteiger partial charge on any atom is 0.258 e. The van der Waals surface area contributed by atoms with Gasteiger partial charge in [0, 0.05) is 11.3 Å². The lowest BCUT2D eigenvalue weighted by Crippen LogP contribution is -2.40. The molecule has 6 nitrogen and oxygen atoms in total. The van der Waals surface area contributed by atoms with Gasteiger partial charge in [-0.15, -0.1) is 0 Å². The largest absolute Gasteiger partial charge is 0.486 e. The molecular weight excluding hydrogens is 399 g/mol. The van der Waals surface area contributed by atoms with Crippen molar-refractivity contribution >= 4 is 17.5 Å². The average Bonchev–Trinajstić information content (AvgIpc) is 2.79. The van der Waals surface area contributed by atoms with Crippen molar-refractivity contribution in [3.8, 4) is 11.5 Å². The Morgan fingerprint density at radius 2 is 1.74 bits per heavy atom. The van der Waals surface area contributed by atoms with E-state index >= 15 is 0 Å². The van der Waals surface area contributed by atoms with Gasteiger partial charge in [0.1, 0.15) is 18.5 Å². The minimum atomic E-state index is -0.608. The number of para-hydroxylation sites is 2. The van der Waals surface area contributed by atoms with Crippen LogP contribution < -0.4 is 20.1 Å². The van der Waals surface area contributed by atoms with Crippen molar-refractivity contribution in [1.82, 2.24) is 5.32 Å². The van der Waals surface area contributed by atoms with Crippen molar-refractivity contribution in [3.63, 3.8) is 0 Å². The Kier molecular flexibility index (Phi) is 5.84. The normalized spacial score (nSPS) is 14.6. The van der Waals surface area contributed by atoms with Crippen LogP contribution in [0.15, 0.2) is 66.7 Å². The standard InChI is InChI=1S/C24H21FN2O4/c1-15-10-11-16(12-20(15)27-24(29)18-6-2-3-7-19(18)25)23(28)26-13-17-14-30-21-8-4-5-9-22(21)31-17/h2-12,17H,13-14H2,1H3,(H,26,28)(H,27,29). The third-order valence-corrected chi connectivity index (χ3v) is 4.92. The molecule has 3 aromatic carbocycles. The molecule has 3 aromatic rings. The van der Waals surface area contributed by atoms with Gasteiger partial charge in [-0.1, -0.05) is 30.3 Å². The van der Waals surface area contributed by atoms with E-state index in [0.29, 0.717) is 29.4 Å². The summed E-state index contributed by atoms with van der Waals surface area (Å²) in [6, 6.07) is 18.0. The molecule has 1 unspecified atom stereocenters. The third-order valence-electron chi connectivity index (χ3n) is 4.92. The predicted octanol–water partition coefficient (Wildman–Crippen LogP) is 3.96. The Morgan fingerprint density at radius 3 is 2.55 bits per heavy atom. The number of rotatable bonds is 5. The van der Waals surface area contributed by atoms with E-state index in [-0.39, 0.29) is 24.1 Å². The summed E-state index contributed by atoms with van der Waals surface area (Å²) in [7, 11) is 0. The van der Waals surface area contributed by atoms with Gasteiger partial charge >= 0.3 is 0 Å². The van der Waals surface area contributed by atoms with Crippen molar-refractivity contribution in [2.75, 3.05) is 18.5 Å². The number of carbonyl (C=O) groups is 2. The molecular formula is C24H21FN2O4. The first-order chi connectivity index (χ1) is 15.0. The van der Waals surface area contributed by atoms with Gasteiger partial charge < -0.3 is 20.1 Å². The fraction of sp³-hybridized carbons (Fsp3) is 0.167. The van der Waals surface area contributed by atoms with Crippen molar-refractivity contribution < 1.29 is 23.5 Å². The Bertz CT molecular complexity index is 1130. The van der Waals surface area contributed by atoms with E-state index in [1.165, 1.54) is 18.2 Å². The van der Waals surface area contributed by atoms with Crippen molar-refractivity contribution in [2.24, 2.45) is 0 Å². The zero-order valence-corrected chi connectivity index (χ0v) is 16.9. The van der Waals surface area contributed by atoms with Gasteiger partial charge in [0.2, 0.25) is 0 Å². The number of hydrogen-bond acceptors (Lipinski definition) is 4. The third kappa shape index (κ3) is 4.66. The Balaban J connectivity index is 1.40. The number of benzene rings is 3. The smallest absolute Gasteiger partial charge is 0.258 e. The number of aryl methyl sites for hydroxylation is 1. The fourth-order valence-corrected chi connectivity index (χ4v) is 3.21. The molecule has 0 aliphatic carbocycles. The molecule has 0 spiro atoms. The summed E-state index contributed by atoms with van der Waals surface area (Å²) < 4.78 is 25.4. The van der Waals surface area contributed by atoms with Crippen LogP contribution in [0.5, 0.6) is 11.5 Å². The first-order valence-electron chi connectivity index (χ1n) is 9.84. The molecule has 158 valence electrons. The van der Waals surface area contributed by atoms with E-state index in [0.717, 1.165) is 5.56 Å². The van der Waals surface area contributed by atoms with Crippen LogP contribution in [0.2, 0.25) is 0 Å². The molecule has 0 bridgehead atoms. The van der Waals surface area contributed by atoms with Gasteiger partial charge in [0.05, 0.1) is 12.1 Å². The number of halogens is 1. The van der Waals surface area contributed by atoms with Crippen molar-refractivity contribution in [3.05, 3.63) is 89.2 Å². The molecule has 7 heteroatoms. The topological polar surface area (TPSA) is 76.7 Å². The molecule has 0 radical (unpaired) electrons. The summed E-state index contributed by atoms with van der Waals surface area (Å²) in [5.74, 6) is -0.183. The zero-order valence-electron chi connectivity index (χ0n) is 16.9. The maximum atomic E-state index is 13.9. The number of nitrogens with one attached hydrogen (secondary N) is 2. The second-order valence-electron chi connectivity index (χ2n) is 7.17. The minimum absolute atomic E-state index is 0.0634. The molecule has 2 N–H and O–H groups in total. The molecule has 1 aliphatic rings. The lowest BCUT2D eigenvalue weighted by Gasteiger charge is -2.26. The van der Waals surface area contributed by atoms with Crippen LogP contribution in [0.25, 0.3) is 0 Å². The van der Waals surface area contributed by atoms with E-state index < -0.39 is 11.7 Å². The Morgan fingerprint density at radius 1 is 1.00 bits per heavy atom. The van der Waals surface area contributed by atoms with E-state index in [9.17, 15) is 14.0 Å². The fourth-order valence-electron chi connectivity index (χ4n) is 3.21. The number of hydrogen-bond donors (Lipinski definition) is 2. The molecule has 0 saturated heterocycles. The lowest BCUT2D eigenvalue weighted by molar-refractivity contribution is 0.0789.